The van der Waals surface area contributed by atoms with Crippen LogP contribution in [0, 0.1) is 12.7 Å². The Bertz CT molecular complexity index is 617. The van der Waals surface area contributed by atoms with Crippen molar-refractivity contribution in [3.63, 3.8) is 0 Å². The van der Waals surface area contributed by atoms with Crippen molar-refractivity contribution in [1.82, 2.24) is 9.62 Å². The second-order valence-electron chi connectivity index (χ2n) is 5.17. The Morgan fingerprint density at radius 1 is 1.32 bits per heavy atom. The second kappa shape index (κ2) is 8.24. The lowest BCUT2D eigenvalue weighted by Gasteiger charge is -2.21. The molecule has 0 unspecified atom stereocenters. The first-order valence-electron chi connectivity index (χ1n) is 7.29. The van der Waals surface area contributed by atoms with Gasteiger partial charge in [-0.15, -0.1) is 0 Å². The fourth-order valence-electron chi connectivity index (χ4n) is 2.08. The molecule has 7 heteroatoms. The summed E-state index contributed by atoms with van der Waals surface area (Å²) in [6.45, 7) is 6.09. The van der Waals surface area contributed by atoms with Crippen molar-refractivity contribution >= 4 is 15.9 Å². The summed E-state index contributed by atoms with van der Waals surface area (Å²) in [6.07, 6.45) is 1.84. The van der Waals surface area contributed by atoms with Crippen molar-refractivity contribution in [3.05, 3.63) is 29.6 Å². The summed E-state index contributed by atoms with van der Waals surface area (Å²) >= 11 is 0. The summed E-state index contributed by atoms with van der Waals surface area (Å²) in [5.41, 5.74) is 0.349. The van der Waals surface area contributed by atoms with E-state index >= 15 is 0 Å². The lowest BCUT2D eigenvalue weighted by atomic mass is 10.2. The van der Waals surface area contributed by atoms with Crippen LogP contribution >= 0.6 is 0 Å². The van der Waals surface area contributed by atoms with Crippen molar-refractivity contribution in [2.24, 2.45) is 0 Å². The van der Waals surface area contributed by atoms with Crippen LogP contribution in [0.1, 0.15) is 32.3 Å². The molecular formula is C15H23FN2O3S. The molecule has 0 radical (unpaired) electrons. The molecule has 0 aliphatic rings. The maximum Gasteiger partial charge on any atom is 0.240 e. The zero-order valence-electron chi connectivity index (χ0n) is 13.2. The third-order valence-corrected chi connectivity index (χ3v) is 4.95. The zero-order chi connectivity index (χ0) is 16.8. The predicted molar refractivity (Wildman–Crippen MR) is 83.5 cm³/mol. The molecular weight excluding hydrogens is 307 g/mol. The zero-order valence-corrected chi connectivity index (χ0v) is 14.0. The predicted octanol–water partition coefficient (Wildman–Crippen LogP) is 2.06. The molecule has 0 aliphatic carbocycles. The second-order valence-corrected chi connectivity index (χ2v) is 6.90. The number of hydrogen-bond donors (Lipinski definition) is 1. The number of amides is 1. The topological polar surface area (TPSA) is 66.5 Å². The minimum absolute atomic E-state index is 0.0526. The van der Waals surface area contributed by atoms with E-state index in [0.717, 1.165) is 18.9 Å². The van der Waals surface area contributed by atoms with Crippen molar-refractivity contribution in [1.29, 1.82) is 0 Å². The largest absolute Gasteiger partial charge is 0.342 e. The third-order valence-electron chi connectivity index (χ3n) is 3.33. The van der Waals surface area contributed by atoms with Crippen molar-refractivity contribution in [3.8, 4) is 0 Å². The van der Waals surface area contributed by atoms with Crippen LogP contribution < -0.4 is 4.72 Å². The van der Waals surface area contributed by atoms with E-state index in [1.165, 1.54) is 19.1 Å². The maximum atomic E-state index is 13.0. The molecule has 0 atom stereocenters. The summed E-state index contributed by atoms with van der Waals surface area (Å²) in [5, 5.41) is 0. The summed E-state index contributed by atoms with van der Waals surface area (Å²) in [5.74, 6) is -0.551. The van der Waals surface area contributed by atoms with Gasteiger partial charge in [0.15, 0.2) is 0 Å². The van der Waals surface area contributed by atoms with E-state index in [1.54, 1.807) is 11.8 Å². The molecule has 1 N–H and O–H groups in total. The van der Waals surface area contributed by atoms with Gasteiger partial charge in [0, 0.05) is 26.6 Å². The molecule has 1 rings (SSSR count). The van der Waals surface area contributed by atoms with E-state index in [0.29, 0.717) is 18.7 Å². The van der Waals surface area contributed by atoms with Crippen molar-refractivity contribution < 1.29 is 17.6 Å². The Kier molecular flexibility index (Phi) is 6.96. The van der Waals surface area contributed by atoms with E-state index < -0.39 is 15.8 Å². The molecule has 1 aromatic carbocycles. The summed E-state index contributed by atoms with van der Waals surface area (Å²) in [7, 11) is -3.70. The molecule has 0 fully saturated rings. The lowest BCUT2D eigenvalue weighted by molar-refractivity contribution is -0.128. The third kappa shape index (κ3) is 5.38. The van der Waals surface area contributed by atoms with Crippen LogP contribution in [-0.4, -0.2) is 38.9 Å². The van der Waals surface area contributed by atoms with Crippen LogP contribution in [0.4, 0.5) is 4.39 Å². The van der Waals surface area contributed by atoms with Crippen LogP contribution in [0.3, 0.4) is 0 Å². The van der Waals surface area contributed by atoms with Crippen LogP contribution in [0.25, 0.3) is 0 Å². The highest BCUT2D eigenvalue weighted by Crippen LogP contribution is 2.15. The van der Waals surface area contributed by atoms with Gasteiger partial charge in [-0.2, -0.15) is 0 Å². The Balaban J connectivity index is 2.67. The molecule has 1 amide bonds. The fraction of sp³-hybridized carbons (Fsp3) is 0.533. The van der Waals surface area contributed by atoms with Crippen LogP contribution in [0.5, 0.6) is 0 Å². The number of nitrogens with zero attached hydrogens (tertiary/aromatic N) is 1. The number of rotatable bonds is 8. The van der Waals surface area contributed by atoms with Gasteiger partial charge in [-0.25, -0.2) is 17.5 Å². The lowest BCUT2D eigenvalue weighted by Crippen LogP contribution is -2.38. The Labute approximate surface area is 131 Å². The molecule has 0 spiro atoms. The molecule has 0 heterocycles. The van der Waals surface area contributed by atoms with Crippen molar-refractivity contribution in [2.45, 2.75) is 38.5 Å². The molecule has 1 aromatic rings. The maximum absolute atomic E-state index is 13.0. The molecule has 22 heavy (non-hydrogen) atoms. The van der Waals surface area contributed by atoms with Crippen LogP contribution in [0.2, 0.25) is 0 Å². The van der Waals surface area contributed by atoms with Gasteiger partial charge in [0.05, 0.1) is 4.90 Å². The van der Waals surface area contributed by atoms with Gasteiger partial charge in [0.1, 0.15) is 5.82 Å². The average molecular weight is 330 g/mol. The summed E-state index contributed by atoms with van der Waals surface area (Å²) < 4.78 is 39.9. The first-order chi connectivity index (χ1) is 10.3. The number of aryl methyl sites for hydroxylation is 1. The number of carbonyl (C=O) groups excluding carboxylic acids is 1. The van der Waals surface area contributed by atoms with Gasteiger partial charge in [-0.3, -0.25) is 4.79 Å². The average Bonchev–Trinajstić information content (AvgIpc) is 2.41. The van der Waals surface area contributed by atoms with E-state index in [1.807, 2.05) is 6.92 Å². The van der Waals surface area contributed by atoms with Crippen LogP contribution in [-0.2, 0) is 14.8 Å². The summed E-state index contributed by atoms with van der Waals surface area (Å²) in [4.78, 5) is 13.1. The minimum atomic E-state index is -3.70. The van der Waals surface area contributed by atoms with Gasteiger partial charge in [0.2, 0.25) is 15.9 Å². The van der Waals surface area contributed by atoms with Gasteiger partial charge in [-0.1, -0.05) is 13.3 Å². The number of halogens is 1. The number of benzene rings is 1. The van der Waals surface area contributed by atoms with E-state index in [9.17, 15) is 17.6 Å². The molecule has 0 saturated carbocycles. The molecule has 0 saturated heterocycles. The quantitative estimate of drug-likeness (QED) is 0.793. The Morgan fingerprint density at radius 3 is 2.55 bits per heavy atom. The number of sulfonamides is 1. The summed E-state index contributed by atoms with van der Waals surface area (Å²) in [6, 6.07) is 3.54. The minimum Gasteiger partial charge on any atom is -0.342 e. The molecule has 124 valence electrons. The number of unbranched alkanes of at least 4 members (excludes halogenated alkanes) is 1. The normalized spacial score (nSPS) is 11.5. The number of carbonyl (C=O) groups is 1. The van der Waals surface area contributed by atoms with E-state index in [-0.39, 0.29) is 17.3 Å². The highest BCUT2D eigenvalue weighted by Gasteiger charge is 2.17. The molecule has 0 aliphatic heterocycles. The fourth-order valence-corrected chi connectivity index (χ4v) is 3.33. The smallest absolute Gasteiger partial charge is 0.240 e. The highest BCUT2D eigenvalue weighted by atomic mass is 32.2. The van der Waals surface area contributed by atoms with E-state index in [2.05, 4.69) is 4.72 Å². The van der Waals surface area contributed by atoms with Crippen LogP contribution in [0.15, 0.2) is 23.1 Å². The molecule has 0 aromatic heterocycles. The standard InChI is InChI=1S/C15H23FN2O3S/c1-4-5-9-18(13(3)19)10-8-17-22(20,21)15-7-6-14(16)11-12(15)2/h6-7,11,17H,4-5,8-10H2,1-3H3. The molecule has 5 nitrogen and oxygen atoms in total. The van der Waals surface area contributed by atoms with E-state index in [4.69, 9.17) is 0 Å². The number of nitrogens with one attached hydrogen (secondary N) is 1. The first-order valence-corrected chi connectivity index (χ1v) is 8.77. The van der Waals surface area contributed by atoms with Crippen molar-refractivity contribution in [2.75, 3.05) is 19.6 Å². The van der Waals surface area contributed by atoms with Gasteiger partial charge in [0.25, 0.3) is 0 Å². The molecule has 0 bridgehead atoms. The Morgan fingerprint density at radius 2 is 2.00 bits per heavy atom. The van der Waals surface area contributed by atoms with Gasteiger partial charge < -0.3 is 4.90 Å². The monoisotopic (exact) mass is 330 g/mol. The first kappa shape index (κ1) is 18.6. The number of hydrogen-bond acceptors (Lipinski definition) is 3. The SMILES string of the molecule is CCCCN(CCNS(=O)(=O)c1ccc(F)cc1C)C(C)=O. The van der Waals surface area contributed by atoms with Gasteiger partial charge >= 0.3 is 0 Å². The van der Waals surface area contributed by atoms with Gasteiger partial charge in [-0.05, 0) is 37.1 Å². The Hall–Kier alpha value is -1.47. The highest BCUT2D eigenvalue weighted by molar-refractivity contribution is 7.89.